The van der Waals surface area contributed by atoms with Gasteiger partial charge in [0.15, 0.2) is 0 Å². The van der Waals surface area contributed by atoms with Gasteiger partial charge in [0.1, 0.15) is 11.6 Å². The average molecular weight is 801 g/mol. The Bertz CT molecular complexity index is 3620. The van der Waals surface area contributed by atoms with Crippen LogP contribution in [0.2, 0.25) is 0 Å². The van der Waals surface area contributed by atoms with Crippen LogP contribution < -0.4 is 0 Å². The minimum Gasteiger partial charge on any atom is -0.292 e. The number of imidazole rings is 2. The van der Waals surface area contributed by atoms with Crippen molar-refractivity contribution in [2.45, 2.75) is 5.41 Å². The summed E-state index contributed by atoms with van der Waals surface area (Å²) in [6.45, 7) is 0. The van der Waals surface area contributed by atoms with Crippen molar-refractivity contribution in [2.24, 2.45) is 0 Å². The Balaban J connectivity index is 1.07. The molecule has 0 aliphatic heterocycles. The highest BCUT2D eigenvalue weighted by atomic mass is 15.1. The second-order valence-electron chi connectivity index (χ2n) is 16.8. The fourth-order valence-corrected chi connectivity index (χ4v) is 11.3. The van der Waals surface area contributed by atoms with E-state index in [-0.39, 0.29) is 0 Å². The molecule has 0 saturated carbocycles. The zero-order valence-electron chi connectivity index (χ0n) is 34.1. The Morgan fingerprint density at radius 2 is 0.667 bits per heavy atom. The molecule has 10 aromatic carbocycles. The lowest BCUT2D eigenvalue weighted by Gasteiger charge is -2.30. The summed E-state index contributed by atoms with van der Waals surface area (Å²) in [5.74, 6) is 1.86. The van der Waals surface area contributed by atoms with Crippen LogP contribution in [-0.4, -0.2) is 19.1 Å². The molecule has 292 valence electrons. The number of hydrogen-bond acceptors (Lipinski definition) is 2. The molecule has 12 aromatic rings. The van der Waals surface area contributed by atoms with Gasteiger partial charge in [-0.2, -0.15) is 0 Å². The highest BCUT2D eigenvalue weighted by Crippen LogP contribution is 2.65. The molecule has 0 fully saturated rings. The van der Waals surface area contributed by atoms with E-state index in [1.54, 1.807) is 0 Å². The first kappa shape index (κ1) is 34.4. The third kappa shape index (κ3) is 4.54. The maximum Gasteiger partial charge on any atom is 0.146 e. The van der Waals surface area contributed by atoms with Crippen LogP contribution in [-0.2, 0) is 5.41 Å². The van der Waals surface area contributed by atoms with Crippen LogP contribution >= 0.6 is 0 Å². The van der Waals surface area contributed by atoms with E-state index in [9.17, 15) is 0 Å². The molecule has 14 rings (SSSR count). The van der Waals surface area contributed by atoms with E-state index in [2.05, 4.69) is 228 Å². The second kappa shape index (κ2) is 12.8. The van der Waals surface area contributed by atoms with Gasteiger partial charge in [0.25, 0.3) is 0 Å². The van der Waals surface area contributed by atoms with Gasteiger partial charge < -0.3 is 0 Å². The third-order valence-electron chi connectivity index (χ3n) is 13.8. The summed E-state index contributed by atoms with van der Waals surface area (Å²) < 4.78 is 4.76. The van der Waals surface area contributed by atoms with E-state index in [1.165, 1.54) is 66.1 Å². The average Bonchev–Trinajstić information content (AvgIpc) is 4.09. The molecule has 0 bridgehead atoms. The van der Waals surface area contributed by atoms with Crippen LogP contribution in [0.15, 0.2) is 218 Å². The van der Waals surface area contributed by atoms with Gasteiger partial charge in [0.2, 0.25) is 0 Å². The first-order valence-corrected chi connectivity index (χ1v) is 21.7. The predicted octanol–water partition coefficient (Wildman–Crippen LogP) is 14.3. The molecule has 2 aromatic heterocycles. The van der Waals surface area contributed by atoms with Crippen LogP contribution in [0.1, 0.15) is 22.3 Å². The van der Waals surface area contributed by atoms with Crippen molar-refractivity contribution in [3.8, 4) is 56.4 Å². The quantitative estimate of drug-likeness (QED) is 0.178. The predicted molar refractivity (Wildman–Crippen MR) is 258 cm³/mol. The molecular formula is C59H36N4. The lowest BCUT2D eigenvalue weighted by atomic mass is 9.70. The number of fused-ring (bicyclic) bond motifs is 14. The monoisotopic (exact) mass is 800 g/mol. The minimum atomic E-state index is -0.587. The van der Waals surface area contributed by atoms with Crippen LogP contribution in [0.4, 0.5) is 0 Å². The van der Waals surface area contributed by atoms with Crippen molar-refractivity contribution in [3.63, 3.8) is 0 Å². The fraction of sp³-hybridized carbons (Fsp3) is 0.0169. The summed E-state index contributed by atoms with van der Waals surface area (Å²) in [5.41, 5.74) is 18.0. The Morgan fingerprint density at radius 3 is 1.17 bits per heavy atom. The first-order chi connectivity index (χ1) is 31.3. The van der Waals surface area contributed by atoms with E-state index in [1.807, 2.05) is 0 Å². The summed E-state index contributed by atoms with van der Waals surface area (Å²) >= 11 is 0. The summed E-state index contributed by atoms with van der Waals surface area (Å²) in [6.07, 6.45) is 0. The largest absolute Gasteiger partial charge is 0.292 e. The third-order valence-corrected chi connectivity index (χ3v) is 13.8. The summed E-state index contributed by atoms with van der Waals surface area (Å²) in [4.78, 5) is 11.0. The molecule has 0 saturated heterocycles. The second-order valence-corrected chi connectivity index (χ2v) is 16.8. The molecule has 2 aliphatic rings. The van der Waals surface area contributed by atoms with Gasteiger partial charge in [-0.25, -0.2) is 9.97 Å². The van der Waals surface area contributed by atoms with Crippen molar-refractivity contribution in [1.29, 1.82) is 0 Å². The molecule has 0 amide bonds. The maximum absolute atomic E-state index is 5.51. The van der Waals surface area contributed by atoms with E-state index in [4.69, 9.17) is 9.97 Å². The zero-order chi connectivity index (χ0) is 41.2. The van der Waals surface area contributed by atoms with Crippen molar-refractivity contribution in [3.05, 3.63) is 241 Å². The molecule has 0 atom stereocenters. The number of hydrogen-bond donors (Lipinski definition) is 0. The number of nitrogens with zero attached hydrogens (tertiary/aromatic N) is 4. The normalized spacial score (nSPS) is 13.2. The highest BCUT2D eigenvalue weighted by molar-refractivity contribution is 6.04. The zero-order valence-corrected chi connectivity index (χ0v) is 34.1. The van der Waals surface area contributed by atoms with Gasteiger partial charge in [0.05, 0.1) is 38.9 Å². The number of aromatic nitrogens is 4. The SMILES string of the molecule is c1ccc2c(c1)-c1c(-c3nc4ccccc4n3-c3cccc4ccccc34)cccc1C21c2ccccc2-c2c(-c3nc4ccccc4n3-c3cccc4ccccc34)cccc21. The molecule has 2 heterocycles. The van der Waals surface area contributed by atoms with Crippen LogP contribution in [0.5, 0.6) is 0 Å². The Labute approximate surface area is 363 Å². The molecule has 0 radical (unpaired) electrons. The number of rotatable bonds is 4. The van der Waals surface area contributed by atoms with Crippen LogP contribution in [0, 0.1) is 0 Å². The smallest absolute Gasteiger partial charge is 0.146 e. The Morgan fingerprint density at radius 1 is 0.302 bits per heavy atom. The van der Waals surface area contributed by atoms with Gasteiger partial charge in [-0.3, -0.25) is 9.13 Å². The molecule has 4 heteroatoms. The number of benzene rings is 10. The van der Waals surface area contributed by atoms with E-state index in [0.717, 1.165) is 56.2 Å². The molecule has 4 nitrogen and oxygen atoms in total. The van der Waals surface area contributed by atoms with Crippen LogP contribution in [0.25, 0.3) is 100 Å². The van der Waals surface area contributed by atoms with E-state index in [0.29, 0.717) is 0 Å². The minimum absolute atomic E-state index is 0.587. The first-order valence-electron chi connectivity index (χ1n) is 21.7. The molecule has 2 aliphatic carbocycles. The van der Waals surface area contributed by atoms with E-state index < -0.39 is 5.41 Å². The molecular weight excluding hydrogens is 765 g/mol. The van der Waals surface area contributed by atoms with Gasteiger partial charge in [-0.05, 0) is 91.7 Å². The van der Waals surface area contributed by atoms with Crippen molar-refractivity contribution in [2.75, 3.05) is 0 Å². The van der Waals surface area contributed by atoms with Crippen molar-refractivity contribution < 1.29 is 0 Å². The molecule has 63 heavy (non-hydrogen) atoms. The summed E-state index contributed by atoms with van der Waals surface area (Å²) in [5, 5.41) is 4.78. The number of para-hydroxylation sites is 4. The summed E-state index contributed by atoms with van der Waals surface area (Å²) in [6, 6.07) is 79.5. The van der Waals surface area contributed by atoms with Crippen molar-refractivity contribution in [1.82, 2.24) is 19.1 Å². The topological polar surface area (TPSA) is 35.6 Å². The summed E-state index contributed by atoms with van der Waals surface area (Å²) in [7, 11) is 0. The van der Waals surface area contributed by atoms with Crippen molar-refractivity contribution >= 4 is 43.6 Å². The fourth-order valence-electron chi connectivity index (χ4n) is 11.3. The lowest BCUT2D eigenvalue weighted by molar-refractivity contribution is 0.794. The Hall–Kier alpha value is -8.34. The highest BCUT2D eigenvalue weighted by Gasteiger charge is 2.53. The molecule has 0 unspecified atom stereocenters. The van der Waals surface area contributed by atoms with Gasteiger partial charge >= 0.3 is 0 Å². The Kier molecular flexibility index (Phi) is 7.01. The van der Waals surface area contributed by atoms with E-state index >= 15 is 0 Å². The maximum atomic E-state index is 5.51. The van der Waals surface area contributed by atoms with Gasteiger partial charge in [0, 0.05) is 21.9 Å². The van der Waals surface area contributed by atoms with Gasteiger partial charge in [-0.15, -0.1) is 0 Å². The van der Waals surface area contributed by atoms with Crippen LogP contribution in [0.3, 0.4) is 0 Å². The standard InChI is InChI=1S/C59H36N4/c1-3-21-39-37(17-1)19-13-35-51(39)62-53-33-11-9-31-49(53)60-57(62)43-25-15-29-47-55(43)41-23-5-7-27-45(41)59(47)46-28-8-6-24-42(46)56-44(26-16-30-48(56)59)58-61-50-32-10-12-34-54(50)63(58)52-36-14-20-38-18-2-4-22-40(38)52/h1-36H. The lowest BCUT2D eigenvalue weighted by Crippen LogP contribution is -2.25. The molecule has 0 N–H and O–H groups in total. The molecule has 1 spiro atoms. The van der Waals surface area contributed by atoms with Gasteiger partial charge in [-0.1, -0.05) is 182 Å².